The van der Waals surface area contributed by atoms with Crippen LogP contribution in [0.2, 0.25) is 0 Å². The van der Waals surface area contributed by atoms with Gasteiger partial charge in [-0.05, 0) is 18.8 Å². The van der Waals surface area contributed by atoms with E-state index < -0.39 is 35.6 Å². The van der Waals surface area contributed by atoms with Crippen LogP contribution in [-0.4, -0.2) is 24.3 Å². The molecule has 6 heteroatoms. The summed E-state index contributed by atoms with van der Waals surface area (Å²) in [6.45, 7) is 6.83. The second-order valence-corrected chi connectivity index (χ2v) is 7.43. The molecule has 2 unspecified atom stereocenters. The summed E-state index contributed by atoms with van der Waals surface area (Å²) in [4.78, 5) is 0. The van der Waals surface area contributed by atoms with Crippen LogP contribution < -0.4 is 0 Å². The highest BCUT2D eigenvalue weighted by Gasteiger charge is 2.80. The minimum Gasteiger partial charge on any atom is -0.317 e. The van der Waals surface area contributed by atoms with Gasteiger partial charge >= 0.3 is 6.11 Å². The van der Waals surface area contributed by atoms with Crippen LogP contribution in [0.5, 0.6) is 0 Å². The van der Waals surface area contributed by atoms with E-state index in [1.807, 2.05) is 6.92 Å². The molecule has 0 aromatic carbocycles. The smallest absolute Gasteiger partial charge is 0.317 e. The van der Waals surface area contributed by atoms with E-state index in [2.05, 4.69) is 4.74 Å². The van der Waals surface area contributed by atoms with Crippen molar-refractivity contribution >= 4 is 0 Å². The van der Waals surface area contributed by atoms with Gasteiger partial charge in [0, 0.05) is 11.3 Å². The van der Waals surface area contributed by atoms with Gasteiger partial charge in [0.15, 0.2) is 0 Å². The van der Waals surface area contributed by atoms with E-state index in [0.29, 0.717) is 12.8 Å². The van der Waals surface area contributed by atoms with Crippen molar-refractivity contribution in [2.24, 2.45) is 17.3 Å². The number of hydrogen-bond acceptors (Lipinski definition) is 1. The van der Waals surface area contributed by atoms with Gasteiger partial charge in [0.1, 0.15) is 0 Å². The van der Waals surface area contributed by atoms with Gasteiger partial charge in [-0.15, -0.1) is 0 Å². The van der Waals surface area contributed by atoms with Crippen molar-refractivity contribution in [1.82, 2.24) is 0 Å². The Kier molecular flexibility index (Phi) is 5.58. The first-order chi connectivity index (χ1) is 9.83. The van der Waals surface area contributed by atoms with Crippen LogP contribution >= 0.6 is 0 Å². The lowest BCUT2D eigenvalue weighted by atomic mass is 9.68. The second-order valence-electron chi connectivity index (χ2n) is 7.43. The Morgan fingerprint density at radius 3 is 2.18 bits per heavy atom. The maximum Gasteiger partial charge on any atom is 0.396 e. The topological polar surface area (TPSA) is 9.23 Å². The molecule has 0 aromatic rings. The van der Waals surface area contributed by atoms with Gasteiger partial charge in [0.2, 0.25) is 0 Å². The first-order valence-electron chi connectivity index (χ1n) is 7.92. The van der Waals surface area contributed by atoms with Gasteiger partial charge in [-0.2, -0.15) is 8.78 Å². The Hall–Kier alpha value is -0.390. The van der Waals surface area contributed by atoms with E-state index in [9.17, 15) is 17.6 Å². The number of halogens is 5. The van der Waals surface area contributed by atoms with Crippen molar-refractivity contribution in [2.75, 3.05) is 6.61 Å². The fourth-order valence-electron chi connectivity index (χ4n) is 3.17. The van der Waals surface area contributed by atoms with Gasteiger partial charge in [-0.1, -0.05) is 47.5 Å². The highest BCUT2D eigenvalue weighted by molar-refractivity contribution is 5.12. The molecule has 1 aliphatic heterocycles. The summed E-state index contributed by atoms with van der Waals surface area (Å²) in [5.41, 5.74) is -5.84. The van der Waals surface area contributed by atoms with Crippen LogP contribution in [0.15, 0.2) is 0 Å². The van der Waals surface area contributed by atoms with Gasteiger partial charge in [0.25, 0.3) is 11.6 Å². The summed E-state index contributed by atoms with van der Waals surface area (Å²) >= 11 is 0. The Morgan fingerprint density at radius 2 is 1.73 bits per heavy atom. The third-order valence-electron chi connectivity index (χ3n) is 4.67. The molecule has 1 fully saturated rings. The van der Waals surface area contributed by atoms with E-state index in [1.165, 1.54) is 0 Å². The monoisotopic (exact) mass is 330 g/mol. The van der Waals surface area contributed by atoms with Crippen molar-refractivity contribution in [3.63, 3.8) is 0 Å². The van der Waals surface area contributed by atoms with Gasteiger partial charge in [0.05, 0.1) is 6.61 Å². The summed E-state index contributed by atoms with van der Waals surface area (Å²) in [5, 5.41) is 0. The molecule has 22 heavy (non-hydrogen) atoms. The average molecular weight is 330 g/mol. The van der Waals surface area contributed by atoms with Crippen LogP contribution in [0.25, 0.3) is 0 Å². The Labute approximate surface area is 129 Å². The predicted molar refractivity (Wildman–Crippen MR) is 75.9 cm³/mol. The minimum atomic E-state index is -4.47. The maximum absolute atomic E-state index is 15.2. The Morgan fingerprint density at radius 1 is 1.18 bits per heavy atom. The van der Waals surface area contributed by atoms with E-state index in [0.717, 1.165) is 13.8 Å². The molecule has 0 saturated carbocycles. The zero-order valence-corrected chi connectivity index (χ0v) is 14.0. The minimum absolute atomic E-state index is 0.0212. The number of alkyl halides is 5. The fraction of sp³-hybridized carbons (Fsp3) is 1.00. The molecule has 1 saturated heterocycles. The molecule has 1 rings (SSSR count). The highest BCUT2D eigenvalue weighted by atomic mass is 19.3. The molecule has 0 amide bonds. The van der Waals surface area contributed by atoms with E-state index in [1.54, 1.807) is 13.8 Å². The average Bonchev–Trinajstić information content (AvgIpc) is 2.60. The number of rotatable bonds is 7. The molecule has 1 heterocycles. The molecule has 0 aromatic heterocycles. The number of ether oxygens (including phenoxy) is 1. The molecule has 0 N–H and O–H groups in total. The van der Waals surface area contributed by atoms with E-state index in [4.69, 9.17) is 0 Å². The van der Waals surface area contributed by atoms with Crippen LogP contribution in [0.3, 0.4) is 0 Å². The highest BCUT2D eigenvalue weighted by Crippen LogP contribution is 2.61. The van der Waals surface area contributed by atoms with Crippen LogP contribution in [0, 0.1) is 17.3 Å². The number of hydrogen-bond donors (Lipinski definition) is 0. The Bertz CT molecular complexity index is 381. The first kappa shape index (κ1) is 19.7. The quantitative estimate of drug-likeness (QED) is 0.534. The van der Waals surface area contributed by atoms with E-state index in [-0.39, 0.29) is 18.8 Å². The standard InChI is InChI=1S/C16H27F5O/c1-6-7-8-13(4,5)15(18,19)14(17)12(9-11(2)3)10-22-16(14,20)21/h11-12H,6-10H2,1-5H3. The molecule has 0 radical (unpaired) electrons. The summed E-state index contributed by atoms with van der Waals surface area (Å²) in [5.74, 6) is -5.88. The van der Waals surface area contributed by atoms with Crippen molar-refractivity contribution in [3.05, 3.63) is 0 Å². The van der Waals surface area contributed by atoms with Gasteiger partial charge in [-0.3, -0.25) is 0 Å². The molecular formula is C16H27F5O. The van der Waals surface area contributed by atoms with Gasteiger partial charge in [-0.25, -0.2) is 13.2 Å². The van der Waals surface area contributed by atoms with Crippen molar-refractivity contribution < 1.29 is 26.7 Å². The van der Waals surface area contributed by atoms with Crippen molar-refractivity contribution in [1.29, 1.82) is 0 Å². The lowest BCUT2D eigenvalue weighted by molar-refractivity contribution is -0.343. The lowest BCUT2D eigenvalue weighted by Gasteiger charge is -2.45. The van der Waals surface area contributed by atoms with Crippen molar-refractivity contribution in [2.45, 2.75) is 78.0 Å². The van der Waals surface area contributed by atoms with Crippen LogP contribution in [0.1, 0.15) is 60.3 Å². The largest absolute Gasteiger partial charge is 0.396 e. The van der Waals surface area contributed by atoms with E-state index >= 15 is 4.39 Å². The molecule has 2 atom stereocenters. The molecule has 132 valence electrons. The molecule has 0 bridgehead atoms. The molecule has 0 aliphatic carbocycles. The normalized spacial score (nSPS) is 29.3. The third kappa shape index (κ3) is 3.00. The predicted octanol–water partition coefficient (Wildman–Crippen LogP) is 5.83. The Balaban J connectivity index is 3.24. The second kappa shape index (κ2) is 6.25. The summed E-state index contributed by atoms with van der Waals surface area (Å²) in [7, 11) is 0. The number of unbranched alkanes of at least 4 members (excludes halogenated alkanes) is 1. The summed E-state index contributed by atoms with van der Waals surface area (Å²) in [6, 6.07) is 0. The molecular weight excluding hydrogens is 303 g/mol. The lowest BCUT2D eigenvalue weighted by Crippen LogP contribution is -2.63. The fourth-order valence-corrected chi connectivity index (χ4v) is 3.17. The van der Waals surface area contributed by atoms with Crippen LogP contribution in [-0.2, 0) is 4.74 Å². The SMILES string of the molecule is CCCCC(C)(C)C(F)(F)C1(F)C(CC(C)C)COC1(F)F. The molecule has 1 nitrogen and oxygen atoms in total. The zero-order chi connectivity index (χ0) is 17.4. The maximum atomic E-state index is 15.2. The van der Waals surface area contributed by atoms with Gasteiger partial charge < -0.3 is 4.74 Å². The zero-order valence-electron chi connectivity index (χ0n) is 14.0. The molecule has 1 aliphatic rings. The molecule has 0 spiro atoms. The van der Waals surface area contributed by atoms with Crippen LogP contribution in [0.4, 0.5) is 22.0 Å². The summed E-state index contributed by atoms with van der Waals surface area (Å²) in [6.07, 6.45) is -3.49. The first-order valence-corrected chi connectivity index (χ1v) is 7.92. The van der Waals surface area contributed by atoms with Crippen molar-refractivity contribution in [3.8, 4) is 0 Å². The third-order valence-corrected chi connectivity index (χ3v) is 4.67. The summed E-state index contributed by atoms with van der Waals surface area (Å²) < 4.78 is 77.0.